The summed E-state index contributed by atoms with van der Waals surface area (Å²) < 4.78 is 15.0. The third kappa shape index (κ3) is 11.1. The molecule has 5 nitrogen and oxygen atoms in total. The molecule has 4 aliphatic rings. The summed E-state index contributed by atoms with van der Waals surface area (Å²) in [6.07, 6.45) is 0. The highest BCUT2D eigenvalue weighted by Crippen LogP contribution is 2.65. The molecule has 0 amide bonds. The van der Waals surface area contributed by atoms with Crippen LogP contribution >= 0.6 is 30.7 Å². The minimum Gasteiger partial charge on any atom is -0.309 e. The maximum absolute atomic E-state index is 15.0. The van der Waals surface area contributed by atoms with E-state index in [-0.39, 0.29) is 0 Å². The maximum Gasteiger partial charge on any atom is 0.171 e. The maximum atomic E-state index is 15.0. The van der Waals surface area contributed by atoms with Gasteiger partial charge < -0.3 is 4.57 Å². The Morgan fingerprint density at radius 2 is 0.492 bits per heavy atom. The number of pyridine rings is 2. The van der Waals surface area contributed by atoms with E-state index in [0.717, 1.165) is 127 Å². The summed E-state index contributed by atoms with van der Waals surface area (Å²) in [6, 6.07) is 154. The van der Waals surface area contributed by atoms with E-state index in [1.807, 2.05) is 121 Å². The van der Waals surface area contributed by atoms with Crippen LogP contribution in [0.1, 0.15) is 44.5 Å². The molecule has 0 atom stereocenters. The van der Waals surface area contributed by atoms with E-state index < -0.39 is 18.0 Å². The van der Waals surface area contributed by atoms with E-state index in [2.05, 4.69) is 334 Å². The van der Waals surface area contributed by atoms with Gasteiger partial charge >= 0.3 is 0 Å². The van der Waals surface area contributed by atoms with Crippen molar-refractivity contribution in [1.82, 2.24) is 19.9 Å². The lowest BCUT2D eigenvalue weighted by Crippen LogP contribution is -2.31. The Labute approximate surface area is 715 Å². The van der Waals surface area contributed by atoms with Gasteiger partial charge in [0.05, 0.1) is 44.5 Å². The van der Waals surface area contributed by atoms with Gasteiger partial charge in [-0.1, -0.05) is 388 Å². The zero-order valence-electron chi connectivity index (χ0n) is 66.0. The standard InChI is InChI=1S/C58H35N3S.C56H36NOPS/c1-2-14-40(15-3-1)57-60-52-23-11-6-18-43(52)55(61-57)38-30-26-36(27-31-38)37-28-32-39(33-29-37)56-46-34-45-41-16-4-7-19-47(41)58(50(45)35-44(46)42-17-5-10-22-51(42)59-56)48-20-8-12-24-53(48)62-54-25-13-9-21-49(54)58;58-59(40-15-3-1-4-16-40,41-17-5-2-6-18-41)42-33-31-38(32-34-42)37-27-29-39(30-28-37)55-47-35-46-43-19-7-9-21-48(43)56(51(46)36-45(47)44-20-8-12-24-52(44)57-55)49-22-10-13-25-53(49)60-54-26-14-11-23-50(54)56/h1-35H;1-36H. The van der Waals surface area contributed by atoms with Gasteiger partial charge in [-0.15, -0.1) is 0 Å². The summed E-state index contributed by atoms with van der Waals surface area (Å²) in [7, 11) is -3.06. The Balaban J connectivity index is 0.000000138. The van der Waals surface area contributed by atoms with Crippen LogP contribution in [-0.4, -0.2) is 19.9 Å². The lowest BCUT2D eigenvalue weighted by Gasteiger charge is -2.39. The molecule has 2 spiro atoms. The fourth-order valence-corrected chi connectivity index (χ4v) is 25.1. The van der Waals surface area contributed by atoms with Crippen molar-refractivity contribution in [2.75, 3.05) is 0 Å². The Morgan fingerprint density at radius 1 is 0.197 bits per heavy atom. The van der Waals surface area contributed by atoms with Gasteiger partial charge in [-0.3, -0.25) is 0 Å². The minimum absolute atomic E-state index is 0.439. The first kappa shape index (κ1) is 71.7. The largest absolute Gasteiger partial charge is 0.309 e. The van der Waals surface area contributed by atoms with Crippen LogP contribution in [0.15, 0.2) is 450 Å². The average Bonchev–Trinajstić information content (AvgIpc) is 1.51. The van der Waals surface area contributed by atoms with Gasteiger partial charge in [-0.2, -0.15) is 0 Å². The van der Waals surface area contributed by atoms with Crippen LogP contribution in [0.4, 0.5) is 0 Å². The fourth-order valence-electron chi connectivity index (χ4n) is 20.1. The molecule has 3 aromatic heterocycles. The van der Waals surface area contributed by atoms with Gasteiger partial charge in [-0.05, 0) is 167 Å². The summed E-state index contributed by atoms with van der Waals surface area (Å²) in [5, 5.41) is 10.6. The van der Waals surface area contributed by atoms with Gasteiger partial charge in [0.2, 0.25) is 0 Å². The predicted molar refractivity (Wildman–Crippen MR) is 506 cm³/mol. The Hall–Kier alpha value is -14.4. The molecular weight excluding hydrogens is 1540 g/mol. The molecule has 2 aliphatic heterocycles. The van der Waals surface area contributed by atoms with Crippen LogP contribution in [0.25, 0.3) is 144 Å². The van der Waals surface area contributed by atoms with Crippen LogP contribution in [-0.2, 0) is 15.4 Å². The first-order chi connectivity index (χ1) is 60.3. The van der Waals surface area contributed by atoms with E-state index in [0.29, 0.717) is 0 Å². The predicted octanol–water partition coefficient (Wildman–Crippen LogP) is 28.0. The van der Waals surface area contributed by atoms with Crippen molar-refractivity contribution in [2.24, 2.45) is 0 Å². The molecule has 18 aromatic carbocycles. The van der Waals surface area contributed by atoms with Gasteiger partial charge in [0, 0.05) is 84.7 Å². The van der Waals surface area contributed by atoms with Crippen molar-refractivity contribution in [1.29, 1.82) is 0 Å². The summed E-state index contributed by atoms with van der Waals surface area (Å²) in [5.74, 6) is 0.728. The molecule has 0 unspecified atom stereocenters. The second-order valence-electron chi connectivity index (χ2n) is 32.0. The second kappa shape index (κ2) is 28.7. The zero-order chi connectivity index (χ0) is 80.6. The SMILES string of the molecule is O=P(c1ccccc1)(c1ccccc1)c1ccc(-c2ccc(-c3nc4ccccc4c4cc5c(cc34)-c3ccccc3C53c4ccccc4Sc4ccccc43)cc2)cc1.c1ccc(-c2nc(-c3ccc(-c4ccc(-c5nc6ccccc6c6cc7c(cc56)-c5ccccc5C75c6ccccc6Sc6ccccc65)cc4)cc3)c3ccccc3n2)cc1. The van der Waals surface area contributed by atoms with Gasteiger partial charge in [0.25, 0.3) is 0 Å². The highest BCUT2D eigenvalue weighted by molar-refractivity contribution is 7.99. The Bertz CT molecular complexity index is 7760. The van der Waals surface area contributed by atoms with Crippen LogP contribution in [0, 0.1) is 0 Å². The van der Waals surface area contributed by atoms with Crippen molar-refractivity contribution in [3.63, 3.8) is 0 Å². The van der Waals surface area contributed by atoms with Gasteiger partial charge in [-0.25, -0.2) is 19.9 Å². The Kier molecular flexibility index (Phi) is 16.8. The molecule has 0 saturated carbocycles. The normalized spacial score (nSPS) is 13.3. The molecule has 5 heterocycles. The summed E-state index contributed by atoms with van der Waals surface area (Å²) in [5.41, 5.74) is 29.3. The van der Waals surface area contributed by atoms with Crippen LogP contribution in [0.2, 0.25) is 0 Å². The molecule has 0 bridgehead atoms. The molecule has 0 radical (unpaired) electrons. The molecule has 0 N–H and O–H groups in total. The van der Waals surface area contributed by atoms with Crippen molar-refractivity contribution < 1.29 is 4.57 Å². The fraction of sp³-hybridized carbons (Fsp3) is 0.0175. The smallest absolute Gasteiger partial charge is 0.171 e. The lowest BCUT2D eigenvalue weighted by atomic mass is 9.67. The molecule has 0 fully saturated rings. The minimum atomic E-state index is -3.06. The molecule has 25 rings (SSSR count). The molecule has 8 heteroatoms. The summed E-state index contributed by atoms with van der Waals surface area (Å²) in [4.78, 5) is 26.0. The molecule has 21 aromatic rings. The second-order valence-corrected chi connectivity index (χ2v) is 36.9. The highest BCUT2D eigenvalue weighted by Gasteiger charge is 2.52. The number of nitrogens with zero attached hydrogens (tertiary/aromatic N) is 4. The molecule has 122 heavy (non-hydrogen) atoms. The van der Waals surface area contributed by atoms with Crippen molar-refractivity contribution in [3.05, 3.63) is 475 Å². The molecular formula is C114H71N4OPS2. The van der Waals surface area contributed by atoms with Crippen LogP contribution < -0.4 is 15.9 Å². The summed E-state index contributed by atoms with van der Waals surface area (Å²) >= 11 is 3.76. The summed E-state index contributed by atoms with van der Waals surface area (Å²) in [6.45, 7) is 0. The monoisotopic (exact) mass is 1610 g/mol. The first-order valence-corrected chi connectivity index (χ1v) is 44.8. The number of para-hydroxylation sites is 3. The van der Waals surface area contributed by atoms with Crippen molar-refractivity contribution in [3.8, 4) is 89.7 Å². The average molecular weight is 1610 g/mol. The Morgan fingerprint density at radius 3 is 0.893 bits per heavy atom. The third-order valence-electron chi connectivity index (χ3n) is 25.6. The number of rotatable bonds is 9. The first-order valence-electron chi connectivity index (χ1n) is 41.5. The van der Waals surface area contributed by atoms with Crippen LogP contribution in [0.5, 0.6) is 0 Å². The van der Waals surface area contributed by atoms with E-state index in [9.17, 15) is 4.57 Å². The topological polar surface area (TPSA) is 68.6 Å². The van der Waals surface area contributed by atoms with E-state index >= 15 is 0 Å². The molecule has 0 saturated heterocycles. The third-order valence-corrected chi connectivity index (χ3v) is 31.0. The lowest BCUT2D eigenvalue weighted by molar-refractivity contribution is 0.592. The molecule has 2 aliphatic carbocycles. The van der Waals surface area contributed by atoms with E-state index in [1.54, 1.807) is 0 Å². The number of aromatic nitrogens is 4. The number of hydrogen-bond donors (Lipinski definition) is 0. The zero-order valence-corrected chi connectivity index (χ0v) is 68.5. The molecule has 570 valence electrons. The van der Waals surface area contributed by atoms with E-state index in [1.165, 1.54) is 97.1 Å². The number of fused-ring (bicyclic) bond motifs is 25. The van der Waals surface area contributed by atoms with Gasteiger partial charge in [0.15, 0.2) is 13.0 Å². The van der Waals surface area contributed by atoms with E-state index in [4.69, 9.17) is 19.9 Å². The van der Waals surface area contributed by atoms with Gasteiger partial charge in [0.1, 0.15) is 0 Å². The quantitative estimate of drug-likeness (QED) is 0.105. The highest BCUT2D eigenvalue weighted by atomic mass is 32.2. The number of benzene rings is 18. The van der Waals surface area contributed by atoms with Crippen molar-refractivity contribution >= 4 is 101 Å². The van der Waals surface area contributed by atoms with Crippen LogP contribution in [0.3, 0.4) is 0 Å². The van der Waals surface area contributed by atoms with Crippen molar-refractivity contribution in [2.45, 2.75) is 30.4 Å². The number of hydrogen-bond acceptors (Lipinski definition) is 7.